The molecular formula is C16H19NO2. The van der Waals surface area contributed by atoms with Gasteiger partial charge < -0.3 is 9.67 Å². The fourth-order valence-electron chi connectivity index (χ4n) is 2.17. The third kappa shape index (κ3) is 2.87. The van der Waals surface area contributed by atoms with E-state index in [-0.39, 0.29) is 11.2 Å². The van der Waals surface area contributed by atoms with E-state index in [1.807, 2.05) is 19.2 Å². The van der Waals surface area contributed by atoms with E-state index in [4.69, 9.17) is 0 Å². The fourth-order valence-corrected chi connectivity index (χ4v) is 2.17. The van der Waals surface area contributed by atoms with Gasteiger partial charge in [-0.05, 0) is 19.4 Å². The molecule has 1 heterocycles. The number of phenols is 1. The highest BCUT2D eigenvalue weighted by atomic mass is 16.3. The molecule has 1 N–H and O–H groups in total. The summed E-state index contributed by atoms with van der Waals surface area (Å²) in [5.41, 5.74) is 2.58. The summed E-state index contributed by atoms with van der Waals surface area (Å²) in [5, 5.41) is 9.81. The van der Waals surface area contributed by atoms with Crippen LogP contribution in [0.3, 0.4) is 0 Å². The number of unbranched alkanes of at least 4 members (excludes halogenated alkanes) is 1. The Morgan fingerprint density at radius 2 is 2.05 bits per heavy atom. The van der Waals surface area contributed by atoms with Crippen LogP contribution in [0.2, 0.25) is 0 Å². The molecule has 1 aromatic heterocycles. The van der Waals surface area contributed by atoms with Crippen molar-refractivity contribution >= 4 is 0 Å². The summed E-state index contributed by atoms with van der Waals surface area (Å²) in [6, 6.07) is 8.62. The van der Waals surface area contributed by atoms with E-state index < -0.39 is 0 Å². The summed E-state index contributed by atoms with van der Waals surface area (Å²) >= 11 is 0. The van der Waals surface area contributed by atoms with Crippen molar-refractivity contribution in [3.8, 4) is 17.0 Å². The van der Waals surface area contributed by atoms with Gasteiger partial charge in [0.2, 0.25) is 0 Å². The summed E-state index contributed by atoms with van der Waals surface area (Å²) < 4.78 is 2.08. The number of pyridine rings is 1. The van der Waals surface area contributed by atoms with E-state index in [0.29, 0.717) is 0 Å². The molecule has 0 unspecified atom stereocenters. The van der Waals surface area contributed by atoms with Crippen molar-refractivity contribution in [2.24, 2.45) is 0 Å². The maximum absolute atomic E-state index is 11.6. The van der Waals surface area contributed by atoms with Crippen LogP contribution in [0.15, 0.2) is 41.3 Å². The highest BCUT2D eigenvalue weighted by Gasteiger charge is 2.09. The Bertz CT molecular complexity index is 629. The molecule has 3 heteroatoms. The van der Waals surface area contributed by atoms with Crippen LogP contribution in [0.4, 0.5) is 0 Å². The van der Waals surface area contributed by atoms with Gasteiger partial charge in [0, 0.05) is 36.0 Å². The molecule has 0 aliphatic heterocycles. The second-order valence-electron chi connectivity index (χ2n) is 4.74. The molecule has 0 bridgehead atoms. The first-order valence-corrected chi connectivity index (χ1v) is 6.63. The van der Waals surface area contributed by atoms with Gasteiger partial charge in [0.25, 0.3) is 0 Å². The number of aryl methyl sites for hydroxylation is 1. The quantitative estimate of drug-likeness (QED) is 0.912. The first-order chi connectivity index (χ1) is 9.13. The van der Waals surface area contributed by atoms with Crippen molar-refractivity contribution in [1.82, 2.24) is 4.57 Å². The SMILES string of the molecule is CCCCn1ccc(=O)cc1-c1cccc(O)c1C. The topological polar surface area (TPSA) is 42.2 Å². The average molecular weight is 257 g/mol. The number of benzene rings is 1. The van der Waals surface area contributed by atoms with Crippen LogP contribution in [0.1, 0.15) is 25.3 Å². The molecule has 0 atom stereocenters. The first-order valence-electron chi connectivity index (χ1n) is 6.63. The number of nitrogens with zero attached hydrogens (tertiary/aromatic N) is 1. The van der Waals surface area contributed by atoms with Gasteiger partial charge in [0.15, 0.2) is 5.43 Å². The zero-order valence-electron chi connectivity index (χ0n) is 11.4. The standard InChI is InChI=1S/C16H19NO2/c1-3-4-9-17-10-8-13(18)11-15(17)14-6-5-7-16(19)12(14)2/h5-8,10-11,19H,3-4,9H2,1-2H3. The van der Waals surface area contributed by atoms with Crippen LogP contribution < -0.4 is 5.43 Å². The second kappa shape index (κ2) is 5.74. The average Bonchev–Trinajstić information content (AvgIpc) is 2.40. The smallest absolute Gasteiger partial charge is 0.182 e. The van der Waals surface area contributed by atoms with Gasteiger partial charge >= 0.3 is 0 Å². The van der Waals surface area contributed by atoms with Crippen molar-refractivity contribution in [2.75, 3.05) is 0 Å². The zero-order chi connectivity index (χ0) is 13.8. The Morgan fingerprint density at radius 1 is 1.26 bits per heavy atom. The lowest BCUT2D eigenvalue weighted by Crippen LogP contribution is -2.09. The van der Waals surface area contributed by atoms with Crippen molar-refractivity contribution in [2.45, 2.75) is 33.2 Å². The van der Waals surface area contributed by atoms with Crippen LogP contribution in [-0.2, 0) is 6.54 Å². The summed E-state index contributed by atoms with van der Waals surface area (Å²) in [7, 11) is 0. The highest BCUT2D eigenvalue weighted by molar-refractivity contribution is 5.66. The van der Waals surface area contributed by atoms with Gasteiger partial charge in [-0.15, -0.1) is 0 Å². The summed E-state index contributed by atoms with van der Waals surface area (Å²) in [6.45, 7) is 4.88. The monoisotopic (exact) mass is 257 g/mol. The van der Waals surface area contributed by atoms with Gasteiger partial charge in [-0.1, -0.05) is 25.5 Å². The molecule has 0 spiro atoms. The molecule has 0 saturated heterocycles. The van der Waals surface area contributed by atoms with Gasteiger partial charge in [-0.2, -0.15) is 0 Å². The summed E-state index contributed by atoms with van der Waals surface area (Å²) in [4.78, 5) is 11.6. The lowest BCUT2D eigenvalue weighted by atomic mass is 10.0. The van der Waals surface area contributed by atoms with Crippen molar-refractivity contribution in [3.05, 3.63) is 52.3 Å². The minimum Gasteiger partial charge on any atom is -0.508 e. The normalized spacial score (nSPS) is 10.6. The first kappa shape index (κ1) is 13.4. The maximum atomic E-state index is 11.6. The van der Waals surface area contributed by atoms with E-state index in [1.165, 1.54) is 0 Å². The molecule has 0 aliphatic rings. The molecule has 1 aromatic carbocycles. The predicted octanol–water partition coefficient (Wildman–Crippen LogP) is 3.33. The molecule has 100 valence electrons. The predicted molar refractivity (Wildman–Crippen MR) is 77.4 cm³/mol. The number of rotatable bonds is 4. The van der Waals surface area contributed by atoms with E-state index in [0.717, 1.165) is 36.2 Å². The Hall–Kier alpha value is -2.03. The lowest BCUT2D eigenvalue weighted by molar-refractivity contribution is 0.471. The molecule has 0 saturated carbocycles. The van der Waals surface area contributed by atoms with E-state index >= 15 is 0 Å². The highest BCUT2D eigenvalue weighted by Crippen LogP contribution is 2.28. The van der Waals surface area contributed by atoms with Crippen LogP contribution in [0, 0.1) is 6.92 Å². The van der Waals surface area contributed by atoms with Gasteiger partial charge in [-0.25, -0.2) is 0 Å². The Morgan fingerprint density at radius 3 is 2.79 bits per heavy atom. The van der Waals surface area contributed by atoms with Crippen molar-refractivity contribution in [1.29, 1.82) is 0 Å². The molecule has 0 aliphatic carbocycles. The largest absolute Gasteiger partial charge is 0.508 e. The second-order valence-corrected chi connectivity index (χ2v) is 4.74. The number of phenolic OH excluding ortho intramolecular Hbond substituents is 1. The Balaban J connectivity index is 2.56. The summed E-state index contributed by atoms with van der Waals surface area (Å²) in [5.74, 6) is 0.260. The van der Waals surface area contributed by atoms with Gasteiger partial charge in [0.05, 0.1) is 5.69 Å². The molecule has 0 amide bonds. The molecular weight excluding hydrogens is 238 g/mol. The Kier molecular flexibility index (Phi) is 4.05. The van der Waals surface area contributed by atoms with Crippen molar-refractivity contribution < 1.29 is 5.11 Å². The van der Waals surface area contributed by atoms with Gasteiger partial charge in [-0.3, -0.25) is 4.79 Å². The van der Waals surface area contributed by atoms with E-state index in [1.54, 1.807) is 24.3 Å². The Labute approximate surface area is 113 Å². The minimum absolute atomic E-state index is 0.00880. The molecule has 0 radical (unpaired) electrons. The number of aromatic hydroxyl groups is 1. The molecule has 19 heavy (non-hydrogen) atoms. The van der Waals surface area contributed by atoms with E-state index in [2.05, 4.69) is 11.5 Å². The van der Waals surface area contributed by atoms with E-state index in [9.17, 15) is 9.90 Å². The number of hydrogen-bond acceptors (Lipinski definition) is 2. The van der Waals surface area contributed by atoms with Gasteiger partial charge in [0.1, 0.15) is 5.75 Å². The van der Waals surface area contributed by atoms with Crippen LogP contribution >= 0.6 is 0 Å². The molecule has 2 rings (SSSR count). The molecule has 0 fully saturated rings. The maximum Gasteiger partial charge on any atom is 0.182 e. The molecule has 3 nitrogen and oxygen atoms in total. The van der Waals surface area contributed by atoms with Crippen LogP contribution in [0.25, 0.3) is 11.3 Å². The number of hydrogen-bond donors (Lipinski definition) is 1. The zero-order valence-corrected chi connectivity index (χ0v) is 11.4. The fraction of sp³-hybridized carbons (Fsp3) is 0.312. The van der Waals surface area contributed by atoms with Crippen LogP contribution in [-0.4, -0.2) is 9.67 Å². The molecule has 2 aromatic rings. The van der Waals surface area contributed by atoms with Crippen LogP contribution in [0.5, 0.6) is 5.75 Å². The summed E-state index contributed by atoms with van der Waals surface area (Å²) in [6.07, 6.45) is 4.00. The van der Waals surface area contributed by atoms with Crippen molar-refractivity contribution in [3.63, 3.8) is 0 Å². The third-order valence-electron chi connectivity index (χ3n) is 3.34. The lowest BCUT2D eigenvalue weighted by Gasteiger charge is -2.15. The third-order valence-corrected chi connectivity index (χ3v) is 3.34. The minimum atomic E-state index is -0.00880. The number of aromatic nitrogens is 1.